The van der Waals surface area contributed by atoms with Crippen LogP contribution in [0.1, 0.15) is 20.8 Å². The molecule has 0 atom stereocenters. The molecule has 0 saturated heterocycles. The van der Waals surface area contributed by atoms with Gasteiger partial charge in [0.2, 0.25) is 0 Å². The zero-order valence-electron chi connectivity index (χ0n) is 12.0. The lowest BCUT2D eigenvalue weighted by molar-refractivity contribution is -0.147. The molecule has 0 fully saturated rings. The van der Waals surface area contributed by atoms with Crippen LogP contribution in [0.5, 0.6) is 0 Å². The summed E-state index contributed by atoms with van der Waals surface area (Å²) in [5.74, 6) is -2.09. The number of carbonyl (C=O) groups is 3. The third-order valence-corrected chi connectivity index (χ3v) is 4.59. The van der Waals surface area contributed by atoms with Gasteiger partial charge in [0, 0.05) is 26.5 Å². The van der Waals surface area contributed by atoms with Gasteiger partial charge in [-0.25, -0.2) is 0 Å². The van der Waals surface area contributed by atoms with Crippen LogP contribution in [0.2, 0.25) is 0 Å². The normalized spacial score (nSPS) is 10.4. The molecule has 0 amide bonds. The van der Waals surface area contributed by atoms with Gasteiger partial charge in [0.1, 0.15) is 6.17 Å². The van der Waals surface area contributed by atoms with Crippen molar-refractivity contribution in [2.75, 3.05) is 11.5 Å². The Morgan fingerprint density at radius 3 is 1.71 bits per heavy atom. The first-order chi connectivity index (χ1) is 9.83. The van der Waals surface area contributed by atoms with Crippen LogP contribution < -0.4 is 5.32 Å². The van der Waals surface area contributed by atoms with Crippen molar-refractivity contribution in [2.24, 2.45) is 0 Å². The van der Waals surface area contributed by atoms with E-state index in [2.05, 4.69) is 5.32 Å². The summed E-state index contributed by atoms with van der Waals surface area (Å²) < 4.78 is 15.1. The van der Waals surface area contributed by atoms with Crippen molar-refractivity contribution in [1.29, 1.82) is 0 Å². The highest BCUT2D eigenvalue weighted by atomic mass is 28.4. The predicted octanol–water partition coefficient (Wildman–Crippen LogP) is 1.27. The Balaban J connectivity index is 2.93. The Morgan fingerprint density at radius 2 is 1.33 bits per heavy atom. The molecule has 114 valence electrons. The Kier molecular flexibility index (Phi) is 5.91. The second-order valence-electron chi connectivity index (χ2n) is 4.18. The summed E-state index contributed by atoms with van der Waals surface area (Å²) in [4.78, 5) is 33.7. The minimum Gasteiger partial charge on any atom is -0.454 e. The van der Waals surface area contributed by atoms with E-state index in [0.717, 1.165) is 20.8 Å². The maximum Gasteiger partial charge on any atom is 0.725 e. The van der Waals surface area contributed by atoms with Gasteiger partial charge in [0.05, 0.1) is 0 Å². The summed E-state index contributed by atoms with van der Waals surface area (Å²) in [6.45, 7) is 3.45. The van der Waals surface area contributed by atoms with Gasteiger partial charge < -0.3 is 18.6 Å². The number of anilines is 1. The standard InChI is InChI=1S/C13H17NO6Si/c1-10(15)18-21(19-11(2)16,20-12(3)17)9-14-13-7-5-4-6-8-13/h4-8,14H,9H2,1-3H3. The lowest BCUT2D eigenvalue weighted by atomic mass is 10.3. The van der Waals surface area contributed by atoms with Gasteiger partial charge in [-0.15, -0.1) is 0 Å². The fourth-order valence-corrected chi connectivity index (χ4v) is 3.67. The molecule has 0 unspecified atom stereocenters. The van der Waals surface area contributed by atoms with Gasteiger partial charge >= 0.3 is 8.80 Å². The third-order valence-electron chi connectivity index (χ3n) is 2.18. The van der Waals surface area contributed by atoms with E-state index < -0.39 is 26.7 Å². The summed E-state index contributed by atoms with van der Waals surface area (Å²) >= 11 is 0. The van der Waals surface area contributed by atoms with Crippen molar-refractivity contribution in [3.8, 4) is 0 Å². The van der Waals surface area contributed by atoms with E-state index in [4.69, 9.17) is 13.3 Å². The zero-order valence-corrected chi connectivity index (χ0v) is 13.0. The molecule has 0 spiro atoms. The summed E-state index contributed by atoms with van der Waals surface area (Å²) in [5.41, 5.74) is 0.709. The van der Waals surface area contributed by atoms with Gasteiger partial charge in [-0.1, -0.05) is 18.2 Å². The number of carbonyl (C=O) groups excluding carboxylic acids is 3. The minimum atomic E-state index is -3.83. The van der Waals surface area contributed by atoms with E-state index in [1.165, 1.54) is 0 Å². The van der Waals surface area contributed by atoms with E-state index >= 15 is 0 Å². The molecule has 8 heteroatoms. The lowest BCUT2D eigenvalue weighted by Gasteiger charge is -2.26. The average molecular weight is 311 g/mol. The van der Waals surface area contributed by atoms with E-state index in [1.54, 1.807) is 24.3 Å². The van der Waals surface area contributed by atoms with Crippen LogP contribution in [-0.2, 0) is 27.7 Å². The topological polar surface area (TPSA) is 90.9 Å². The van der Waals surface area contributed by atoms with Crippen molar-refractivity contribution in [1.82, 2.24) is 0 Å². The highest BCUT2D eigenvalue weighted by molar-refractivity contribution is 6.66. The first kappa shape index (κ1) is 16.7. The summed E-state index contributed by atoms with van der Waals surface area (Å²) in [5, 5.41) is 2.93. The zero-order chi connectivity index (χ0) is 15.9. The van der Waals surface area contributed by atoms with Crippen LogP contribution in [0.15, 0.2) is 30.3 Å². The molecule has 0 saturated carbocycles. The van der Waals surface area contributed by atoms with E-state index in [0.29, 0.717) is 5.69 Å². The fraction of sp³-hybridized carbons (Fsp3) is 0.308. The Hall–Kier alpha value is -2.35. The number of hydrogen-bond acceptors (Lipinski definition) is 7. The lowest BCUT2D eigenvalue weighted by Crippen LogP contribution is -2.55. The Labute approximate surface area is 123 Å². The molecule has 0 aliphatic carbocycles. The van der Waals surface area contributed by atoms with Crippen LogP contribution in [-0.4, -0.2) is 32.9 Å². The van der Waals surface area contributed by atoms with E-state index in [-0.39, 0.29) is 6.17 Å². The van der Waals surface area contributed by atoms with E-state index in [1.807, 2.05) is 6.07 Å². The molecule has 0 aliphatic rings. The molecule has 0 radical (unpaired) electrons. The maximum atomic E-state index is 11.2. The monoisotopic (exact) mass is 311 g/mol. The SMILES string of the molecule is CC(=O)O[Si](CNc1ccccc1)(OC(C)=O)OC(C)=O. The van der Waals surface area contributed by atoms with E-state index in [9.17, 15) is 14.4 Å². The van der Waals surface area contributed by atoms with Crippen molar-refractivity contribution in [3.63, 3.8) is 0 Å². The molecule has 1 aromatic rings. The average Bonchev–Trinajstić information content (AvgIpc) is 2.35. The minimum absolute atomic E-state index is 0.101. The molecule has 0 bridgehead atoms. The smallest absolute Gasteiger partial charge is 0.454 e. The molecular formula is C13H17NO6Si. The second kappa shape index (κ2) is 7.43. The summed E-state index contributed by atoms with van der Waals surface area (Å²) in [6.07, 6.45) is -0.101. The summed E-state index contributed by atoms with van der Waals surface area (Å²) in [6, 6.07) is 8.98. The first-order valence-electron chi connectivity index (χ1n) is 6.20. The van der Waals surface area contributed by atoms with Gasteiger partial charge in [-0.2, -0.15) is 0 Å². The van der Waals surface area contributed by atoms with Crippen molar-refractivity contribution < 1.29 is 27.7 Å². The van der Waals surface area contributed by atoms with Crippen LogP contribution >= 0.6 is 0 Å². The second-order valence-corrected chi connectivity index (χ2v) is 6.52. The fourth-order valence-electron chi connectivity index (χ4n) is 1.59. The van der Waals surface area contributed by atoms with Crippen LogP contribution in [0.25, 0.3) is 0 Å². The molecule has 21 heavy (non-hydrogen) atoms. The molecule has 0 aliphatic heterocycles. The molecule has 1 N–H and O–H groups in total. The number of nitrogens with one attached hydrogen (secondary N) is 1. The molecule has 7 nitrogen and oxygen atoms in total. The Bertz CT molecular complexity index is 478. The molecular weight excluding hydrogens is 294 g/mol. The van der Waals surface area contributed by atoms with Gasteiger partial charge in [-0.05, 0) is 12.1 Å². The number of hydrogen-bond donors (Lipinski definition) is 1. The first-order valence-corrected chi connectivity index (χ1v) is 8.14. The van der Waals surface area contributed by atoms with Gasteiger partial charge in [0.15, 0.2) is 0 Å². The third kappa shape index (κ3) is 6.08. The van der Waals surface area contributed by atoms with Gasteiger partial charge in [0.25, 0.3) is 17.9 Å². The highest BCUT2D eigenvalue weighted by Crippen LogP contribution is 2.14. The van der Waals surface area contributed by atoms with Crippen LogP contribution in [0, 0.1) is 0 Å². The molecule has 1 rings (SSSR count). The van der Waals surface area contributed by atoms with Crippen LogP contribution in [0.3, 0.4) is 0 Å². The number of benzene rings is 1. The highest BCUT2D eigenvalue weighted by Gasteiger charge is 2.52. The van der Waals surface area contributed by atoms with Crippen molar-refractivity contribution >= 4 is 32.4 Å². The Morgan fingerprint density at radius 1 is 0.905 bits per heavy atom. The van der Waals surface area contributed by atoms with Gasteiger partial charge in [-0.3, -0.25) is 14.4 Å². The number of rotatable bonds is 6. The molecule has 0 heterocycles. The van der Waals surface area contributed by atoms with Crippen molar-refractivity contribution in [3.05, 3.63) is 30.3 Å². The predicted molar refractivity (Wildman–Crippen MR) is 76.0 cm³/mol. The quantitative estimate of drug-likeness (QED) is 0.791. The molecule has 1 aromatic carbocycles. The van der Waals surface area contributed by atoms with Crippen LogP contribution in [0.4, 0.5) is 5.69 Å². The van der Waals surface area contributed by atoms with Crippen molar-refractivity contribution in [2.45, 2.75) is 20.8 Å². The summed E-state index contributed by atoms with van der Waals surface area (Å²) in [7, 11) is -3.83. The molecule has 0 aromatic heterocycles. The largest absolute Gasteiger partial charge is 0.725 e. The number of para-hydroxylation sites is 1. The maximum absolute atomic E-state index is 11.2.